The van der Waals surface area contributed by atoms with Crippen molar-refractivity contribution in [3.63, 3.8) is 0 Å². The van der Waals surface area contributed by atoms with Crippen LogP contribution in [0, 0.1) is 6.92 Å². The third-order valence-corrected chi connectivity index (χ3v) is 1.61. The number of carbonyl (C=O) groups excluding carboxylic acids is 1. The molecule has 1 rings (SSSR count). The van der Waals surface area contributed by atoms with Crippen LogP contribution in [-0.4, -0.2) is 5.24 Å². The highest BCUT2D eigenvalue weighted by Gasteiger charge is 1.88. The van der Waals surface area contributed by atoms with E-state index < -0.39 is 5.24 Å². The lowest BCUT2D eigenvalue weighted by molar-refractivity contribution is -0.107. The second kappa shape index (κ2) is 4.07. The first-order valence-electron chi connectivity index (χ1n) is 3.63. The highest BCUT2D eigenvalue weighted by atomic mass is 35.5. The average molecular weight is 181 g/mol. The van der Waals surface area contributed by atoms with Gasteiger partial charge in [-0.3, -0.25) is 4.79 Å². The zero-order valence-electron chi connectivity index (χ0n) is 6.75. The third-order valence-electron chi connectivity index (χ3n) is 1.48. The van der Waals surface area contributed by atoms with Crippen LogP contribution in [-0.2, 0) is 4.79 Å². The molecule has 1 aromatic carbocycles. The fraction of sp³-hybridized carbons (Fsp3) is 0.100. The van der Waals surface area contributed by atoms with Gasteiger partial charge in [-0.25, -0.2) is 0 Å². The molecule has 0 radical (unpaired) electrons. The Morgan fingerprint density at radius 1 is 1.33 bits per heavy atom. The fourth-order valence-electron chi connectivity index (χ4n) is 0.839. The Morgan fingerprint density at radius 3 is 2.42 bits per heavy atom. The summed E-state index contributed by atoms with van der Waals surface area (Å²) in [4.78, 5) is 10.4. The van der Waals surface area contributed by atoms with Crippen molar-refractivity contribution in [3.05, 3.63) is 41.5 Å². The number of benzene rings is 1. The molecule has 0 aliphatic rings. The van der Waals surface area contributed by atoms with Gasteiger partial charge in [0, 0.05) is 0 Å². The lowest BCUT2D eigenvalue weighted by Crippen LogP contribution is -1.77. The van der Waals surface area contributed by atoms with Crippen molar-refractivity contribution in [2.45, 2.75) is 6.92 Å². The first kappa shape index (κ1) is 9.01. The summed E-state index contributed by atoms with van der Waals surface area (Å²) >= 11 is 5.13. The van der Waals surface area contributed by atoms with Gasteiger partial charge in [-0.15, -0.1) is 0 Å². The number of hydrogen-bond donors (Lipinski definition) is 0. The standard InChI is InChI=1S/C10H9ClO/c1-8-2-4-9(5-3-8)6-7-10(11)12/h2-7H,1H3. The number of hydrogen-bond acceptors (Lipinski definition) is 1. The van der Waals surface area contributed by atoms with E-state index in [1.54, 1.807) is 6.08 Å². The van der Waals surface area contributed by atoms with E-state index in [0.717, 1.165) is 5.56 Å². The topological polar surface area (TPSA) is 17.1 Å². The van der Waals surface area contributed by atoms with Gasteiger partial charge in [0.15, 0.2) is 0 Å². The SMILES string of the molecule is Cc1ccc(C=CC(=O)Cl)cc1. The van der Waals surface area contributed by atoms with E-state index in [2.05, 4.69) is 0 Å². The molecular weight excluding hydrogens is 172 g/mol. The van der Waals surface area contributed by atoms with Crippen LogP contribution in [0.5, 0.6) is 0 Å². The molecule has 0 bridgehead atoms. The maximum atomic E-state index is 10.4. The largest absolute Gasteiger partial charge is 0.276 e. The van der Waals surface area contributed by atoms with E-state index in [9.17, 15) is 4.79 Å². The molecule has 0 aliphatic heterocycles. The quantitative estimate of drug-likeness (QED) is 0.505. The summed E-state index contributed by atoms with van der Waals surface area (Å²) in [6.45, 7) is 2.01. The molecule has 62 valence electrons. The molecule has 0 heterocycles. The van der Waals surface area contributed by atoms with Gasteiger partial charge in [-0.1, -0.05) is 35.9 Å². The highest BCUT2D eigenvalue weighted by Crippen LogP contribution is 2.05. The van der Waals surface area contributed by atoms with E-state index in [1.165, 1.54) is 11.6 Å². The maximum Gasteiger partial charge on any atom is 0.245 e. The van der Waals surface area contributed by atoms with Crippen LogP contribution >= 0.6 is 11.6 Å². The normalized spacial score (nSPS) is 10.5. The molecule has 0 saturated carbocycles. The molecule has 0 saturated heterocycles. The van der Waals surface area contributed by atoms with Crippen LogP contribution < -0.4 is 0 Å². The summed E-state index contributed by atoms with van der Waals surface area (Å²) in [5.41, 5.74) is 2.18. The molecular formula is C10H9ClO. The van der Waals surface area contributed by atoms with E-state index in [1.807, 2.05) is 31.2 Å². The molecule has 0 N–H and O–H groups in total. The molecule has 12 heavy (non-hydrogen) atoms. The summed E-state index contributed by atoms with van der Waals surface area (Å²) in [5.74, 6) is 0. The van der Waals surface area contributed by atoms with Crippen molar-refractivity contribution in [3.8, 4) is 0 Å². The first-order chi connectivity index (χ1) is 5.68. The van der Waals surface area contributed by atoms with Crippen LogP contribution in [0.1, 0.15) is 11.1 Å². The zero-order chi connectivity index (χ0) is 8.97. The lowest BCUT2D eigenvalue weighted by atomic mass is 10.1. The Hall–Kier alpha value is -1.08. The van der Waals surface area contributed by atoms with Crippen molar-refractivity contribution < 1.29 is 4.79 Å². The molecule has 0 atom stereocenters. The molecule has 0 fully saturated rings. The van der Waals surface area contributed by atoms with Gasteiger partial charge in [0.25, 0.3) is 0 Å². The molecule has 0 amide bonds. The van der Waals surface area contributed by atoms with Crippen LogP contribution in [0.25, 0.3) is 6.08 Å². The third kappa shape index (κ3) is 2.89. The first-order valence-corrected chi connectivity index (χ1v) is 4.00. The van der Waals surface area contributed by atoms with Gasteiger partial charge < -0.3 is 0 Å². The second-order valence-corrected chi connectivity index (χ2v) is 2.92. The summed E-state index contributed by atoms with van der Waals surface area (Å²) in [7, 11) is 0. The second-order valence-electron chi connectivity index (χ2n) is 2.55. The van der Waals surface area contributed by atoms with Crippen molar-refractivity contribution in [1.82, 2.24) is 0 Å². The molecule has 0 aliphatic carbocycles. The monoisotopic (exact) mass is 180 g/mol. The molecule has 1 nitrogen and oxygen atoms in total. The molecule has 1 aromatic rings. The maximum absolute atomic E-state index is 10.4. The minimum atomic E-state index is -0.449. The van der Waals surface area contributed by atoms with Gasteiger partial charge in [-0.2, -0.15) is 0 Å². The van der Waals surface area contributed by atoms with Crippen LogP contribution in [0.4, 0.5) is 0 Å². The van der Waals surface area contributed by atoms with E-state index in [-0.39, 0.29) is 0 Å². The minimum absolute atomic E-state index is 0.449. The molecule has 0 unspecified atom stereocenters. The Bertz CT molecular complexity index is 298. The highest BCUT2D eigenvalue weighted by molar-refractivity contribution is 6.66. The van der Waals surface area contributed by atoms with E-state index in [4.69, 9.17) is 11.6 Å². The zero-order valence-corrected chi connectivity index (χ0v) is 7.51. The Labute approximate surface area is 76.7 Å². The number of halogens is 1. The van der Waals surface area contributed by atoms with Crippen molar-refractivity contribution in [2.24, 2.45) is 0 Å². The number of carbonyl (C=O) groups is 1. The van der Waals surface area contributed by atoms with Crippen LogP contribution in [0.2, 0.25) is 0 Å². The Balaban J connectivity index is 2.77. The summed E-state index contributed by atoms with van der Waals surface area (Å²) in [5, 5.41) is -0.449. The predicted octanol–water partition coefficient (Wildman–Crippen LogP) is 2.77. The van der Waals surface area contributed by atoms with E-state index >= 15 is 0 Å². The molecule has 0 aromatic heterocycles. The molecule has 0 spiro atoms. The number of allylic oxidation sites excluding steroid dienone is 1. The minimum Gasteiger partial charge on any atom is -0.276 e. The van der Waals surface area contributed by atoms with Crippen LogP contribution in [0.15, 0.2) is 30.3 Å². The van der Waals surface area contributed by atoms with Gasteiger partial charge in [0.1, 0.15) is 0 Å². The fourth-order valence-corrected chi connectivity index (χ4v) is 0.902. The number of rotatable bonds is 2. The summed E-state index contributed by atoms with van der Waals surface area (Å²) < 4.78 is 0. The Morgan fingerprint density at radius 2 is 1.92 bits per heavy atom. The van der Waals surface area contributed by atoms with Gasteiger partial charge in [0.05, 0.1) is 0 Å². The lowest BCUT2D eigenvalue weighted by Gasteiger charge is -1.92. The van der Waals surface area contributed by atoms with Gasteiger partial charge in [0.2, 0.25) is 5.24 Å². The predicted molar refractivity (Wildman–Crippen MR) is 51.1 cm³/mol. The van der Waals surface area contributed by atoms with E-state index in [0.29, 0.717) is 0 Å². The Kier molecular flexibility index (Phi) is 3.06. The smallest absolute Gasteiger partial charge is 0.245 e. The average Bonchev–Trinajstić information content (AvgIpc) is 2.03. The van der Waals surface area contributed by atoms with Gasteiger partial charge in [-0.05, 0) is 30.2 Å². The summed E-state index contributed by atoms with van der Waals surface area (Å²) in [6, 6.07) is 7.84. The van der Waals surface area contributed by atoms with Crippen LogP contribution in [0.3, 0.4) is 0 Å². The van der Waals surface area contributed by atoms with Crippen molar-refractivity contribution in [1.29, 1.82) is 0 Å². The molecule has 2 heteroatoms. The van der Waals surface area contributed by atoms with Gasteiger partial charge >= 0.3 is 0 Å². The van der Waals surface area contributed by atoms with Crippen molar-refractivity contribution in [2.75, 3.05) is 0 Å². The van der Waals surface area contributed by atoms with Crippen molar-refractivity contribution >= 4 is 22.9 Å². The summed E-state index contributed by atoms with van der Waals surface area (Å²) in [6.07, 6.45) is 3.03. The number of aryl methyl sites for hydroxylation is 1.